The van der Waals surface area contributed by atoms with Crippen molar-refractivity contribution in [2.45, 2.75) is 25.3 Å². The van der Waals surface area contributed by atoms with E-state index >= 15 is 0 Å². The molecule has 0 aromatic carbocycles. The molecule has 1 unspecified atom stereocenters. The van der Waals surface area contributed by atoms with Crippen molar-refractivity contribution in [2.24, 2.45) is 0 Å². The van der Waals surface area contributed by atoms with Crippen molar-refractivity contribution in [3.63, 3.8) is 0 Å². The molecule has 21 heavy (non-hydrogen) atoms. The first-order valence-corrected chi connectivity index (χ1v) is 7.37. The standard InChI is InChI=1S/C15H18N6/c1-12-3-4-13(19-18-12)20-9-5-15(11-20)6-10-21(15)14-16-7-2-8-17-14/h2-4,7-8H,5-6,9-11H2,1H3. The van der Waals surface area contributed by atoms with E-state index in [2.05, 4.69) is 36.0 Å². The molecule has 1 spiro atoms. The first-order valence-electron chi connectivity index (χ1n) is 7.37. The van der Waals surface area contributed by atoms with Gasteiger partial charge in [-0.1, -0.05) is 0 Å². The van der Waals surface area contributed by atoms with Gasteiger partial charge in [0.2, 0.25) is 5.95 Å². The third-order valence-electron chi connectivity index (χ3n) is 4.61. The molecule has 0 radical (unpaired) electrons. The van der Waals surface area contributed by atoms with Crippen LogP contribution in [0.15, 0.2) is 30.6 Å². The fourth-order valence-electron chi connectivity index (χ4n) is 3.32. The normalized spacial score (nSPS) is 24.4. The molecule has 4 rings (SSSR count). The van der Waals surface area contributed by atoms with Gasteiger partial charge in [-0.15, -0.1) is 5.10 Å². The van der Waals surface area contributed by atoms with Crippen molar-refractivity contribution in [2.75, 3.05) is 29.4 Å². The first-order chi connectivity index (χ1) is 10.3. The number of anilines is 2. The molecule has 6 nitrogen and oxygen atoms in total. The number of nitrogens with zero attached hydrogens (tertiary/aromatic N) is 6. The molecule has 0 bridgehead atoms. The second-order valence-corrected chi connectivity index (χ2v) is 5.88. The van der Waals surface area contributed by atoms with Gasteiger partial charge in [-0.25, -0.2) is 9.97 Å². The zero-order chi connectivity index (χ0) is 14.3. The second-order valence-electron chi connectivity index (χ2n) is 5.88. The number of hydrogen-bond donors (Lipinski definition) is 0. The van der Waals surface area contributed by atoms with Crippen molar-refractivity contribution in [1.29, 1.82) is 0 Å². The number of hydrogen-bond acceptors (Lipinski definition) is 6. The minimum atomic E-state index is 0.175. The molecule has 2 aromatic heterocycles. The van der Waals surface area contributed by atoms with Gasteiger partial charge in [-0.2, -0.15) is 5.10 Å². The molecule has 0 saturated carbocycles. The molecule has 108 valence electrons. The minimum absolute atomic E-state index is 0.175. The largest absolute Gasteiger partial charge is 0.353 e. The zero-order valence-electron chi connectivity index (χ0n) is 12.1. The Morgan fingerprint density at radius 3 is 2.52 bits per heavy atom. The molecule has 2 aliphatic rings. The molecule has 0 N–H and O–H groups in total. The van der Waals surface area contributed by atoms with E-state index in [4.69, 9.17) is 0 Å². The molecular formula is C15H18N6. The Hall–Kier alpha value is -2.24. The number of aromatic nitrogens is 4. The van der Waals surface area contributed by atoms with Crippen molar-refractivity contribution in [1.82, 2.24) is 20.2 Å². The maximum atomic E-state index is 4.40. The summed E-state index contributed by atoms with van der Waals surface area (Å²) in [6, 6.07) is 5.94. The van der Waals surface area contributed by atoms with Crippen LogP contribution in [0.4, 0.5) is 11.8 Å². The van der Waals surface area contributed by atoms with Gasteiger partial charge in [-0.05, 0) is 38.0 Å². The lowest BCUT2D eigenvalue weighted by Crippen LogP contribution is -2.62. The Kier molecular flexibility index (Phi) is 2.77. The SMILES string of the molecule is Cc1ccc(N2CCC3(CCN3c3ncccn3)C2)nn1. The Balaban J connectivity index is 1.54. The van der Waals surface area contributed by atoms with E-state index < -0.39 is 0 Å². The van der Waals surface area contributed by atoms with Crippen LogP contribution in [0, 0.1) is 6.92 Å². The van der Waals surface area contributed by atoms with Crippen molar-refractivity contribution >= 4 is 11.8 Å². The van der Waals surface area contributed by atoms with Crippen LogP contribution in [0.25, 0.3) is 0 Å². The maximum Gasteiger partial charge on any atom is 0.225 e. The van der Waals surface area contributed by atoms with Gasteiger partial charge >= 0.3 is 0 Å². The quantitative estimate of drug-likeness (QED) is 0.830. The van der Waals surface area contributed by atoms with Gasteiger partial charge in [0.05, 0.1) is 11.2 Å². The van der Waals surface area contributed by atoms with E-state index in [0.29, 0.717) is 0 Å². The van der Waals surface area contributed by atoms with Gasteiger partial charge < -0.3 is 9.80 Å². The van der Waals surface area contributed by atoms with Crippen molar-refractivity contribution in [3.05, 3.63) is 36.3 Å². The van der Waals surface area contributed by atoms with Gasteiger partial charge in [0.15, 0.2) is 5.82 Å². The lowest BCUT2D eigenvalue weighted by atomic mass is 9.84. The van der Waals surface area contributed by atoms with Crippen LogP contribution in [-0.2, 0) is 0 Å². The summed E-state index contributed by atoms with van der Waals surface area (Å²) < 4.78 is 0. The Morgan fingerprint density at radius 2 is 1.86 bits per heavy atom. The third kappa shape index (κ3) is 2.02. The van der Waals surface area contributed by atoms with Crippen LogP contribution in [0.1, 0.15) is 18.5 Å². The molecular weight excluding hydrogens is 264 g/mol. The highest BCUT2D eigenvalue weighted by molar-refractivity contribution is 5.48. The van der Waals surface area contributed by atoms with Crippen LogP contribution in [0.5, 0.6) is 0 Å². The van der Waals surface area contributed by atoms with Crippen LogP contribution < -0.4 is 9.80 Å². The second kappa shape index (κ2) is 4.65. The van der Waals surface area contributed by atoms with E-state index in [1.165, 1.54) is 6.42 Å². The van der Waals surface area contributed by atoms with Crippen molar-refractivity contribution in [3.8, 4) is 0 Å². The molecule has 2 aromatic rings. The monoisotopic (exact) mass is 282 g/mol. The highest BCUT2D eigenvalue weighted by Crippen LogP contribution is 2.41. The number of rotatable bonds is 2. The molecule has 0 aliphatic carbocycles. The molecule has 2 saturated heterocycles. The van der Waals surface area contributed by atoms with E-state index in [0.717, 1.165) is 43.5 Å². The predicted molar refractivity (Wildman–Crippen MR) is 80.3 cm³/mol. The molecule has 2 fully saturated rings. The topological polar surface area (TPSA) is 58.0 Å². The average molecular weight is 282 g/mol. The third-order valence-corrected chi connectivity index (χ3v) is 4.61. The van der Waals surface area contributed by atoms with Gasteiger partial charge in [0.1, 0.15) is 0 Å². The summed E-state index contributed by atoms with van der Waals surface area (Å²) in [5.74, 6) is 1.82. The van der Waals surface area contributed by atoms with E-state index in [9.17, 15) is 0 Å². The summed E-state index contributed by atoms with van der Waals surface area (Å²) in [6.45, 7) is 4.99. The predicted octanol–water partition coefficient (Wildman–Crippen LogP) is 1.43. The van der Waals surface area contributed by atoms with Crippen LogP contribution in [0.3, 0.4) is 0 Å². The van der Waals surface area contributed by atoms with Gasteiger partial charge in [0, 0.05) is 32.0 Å². The van der Waals surface area contributed by atoms with Crippen LogP contribution >= 0.6 is 0 Å². The summed E-state index contributed by atoms with van der Waals surface area (Å²) in [5, 5.41) is 8.47. The highest BCUT2D eigenvalue weighted by Gasteiger charge is 2.50. The highest BCUT2D eigenvalue weighted by atomic mass is 15.4. The Morgan fingerprint density at radius 1 is 1.05 bits per heavy atom. The van der Waals surface area contributed by atoms with Crippen LogP contribution in [-0.4, -0.2) is 45.3 Å². The summed E-state index contributed by atoms with van der Waals surface area (Å²) in [4.78, 5) is 13.5. The van der Waals surface area contributed by atoms with E-state index in [-0.39, 0.29) is 5.54 Å². The average Bonchev–Trinajstić information content (AvgIpc) is 2.96. The Labute approximate surface area is 123 Å². The van der Waals surface area contributed by atoms with Crippen molar-refractivity contribution < 1.29 is 0 Å². The van der Waals surface area contributed by atoms with Gasteiger partial charge in [-0.3, -0.25) is 0 Å². The smallest absolute Gasteiger partial charge is 0.225 e. The fraction of sp³-hybridized carbons (Fsp3) is 0.467. The molecule has 6 heteroatoms. The Bertz CT molecular complexity index is 628. The van der Waals surface area contributed by atoms with Gasteiger partial charge in [0.25, 0.3) is 0 Å². The zero-order valence-corrected chi connectivity index (χ0v) is 12.1. The lowest BCUT2D eigenvalue weighted by Gasteiger charge is -2.50. The maximum absolute atomic E-state index is 4.40. The van der Waals surface area contributed by atoms with E-state index in [1.54, 1.807) is 0 Å². The summed E-state index contributed by atoms with van der Waals surface area (Å²) in [7, 11) is 0. The van der Waals surface area contributed by atoms with Crippen LogP contribution in [0.2, 0.25) is 0 Å². The molecule has 4 heterocycles. The first kappa shape index (κ1) is 12.5. The molecule has 0 amide bonds. The fourth-order valence-corrected chi connectivity index (χ4v) is 3.32. The summed E-state index contributed by atoms with van der Waals surface area (Å²) in [6.07, 6.45) is 5.95. The minimum Gasteiger partial charge on any atom is -0.353 e. The lowest BCUT2D eigenvalue weighted by molar-refractivity contribution is 0.298. The summed E-state index contributed by atoms with van der Waals surface area (Å²) >= 11 is 0. The van der Waals surface area contributed by atoms with E-state index in [1.807, 2.05) is 31.5 Å². The summed E-state index contributed by atoms with van der Waals surface area (Å²) in [5.41, 5.74) is 1.13. The molecule has 1 atom stereocenters. The molecule has 2 aliphatic heterocycles. The number of aryl methyl sites for hydroxylation is 1.